The van der Waals surface area contributed by atoms with Crippen molar-refractivity contribution in [1.29, 1.82) is 0 Å². The summed E-state index contributed by atoms with van der Waals surface area (Å²) in [5, 5.41) is 15.5. The van der Waals surface area contributed by atoms with Gasteiger partial charge in [-0.1, -0.05) is 23.4 Å². The number of nitrogens with one attached hydrogen (secondary N) is 1. The van der Waals surface area contributed by atoms with Gasteiger partial charge in [-0.25, -0.2) is 9.07 Å². The van der Waals surface area contributed by atoms with E-state index in [2.05, 4.69) is 20.7 Å². The first-order valence-electron chi connectivity index (χ1n) is 11.1. The minimum Gasteiger partial charge on any atom is -0.340 e. The van der Waals surface area contributed by atoms with E-state index in [1.165, 1.54) is 29.1 Å². The lowest BCUT2D eigenvalue weighted by Crippen LogP contribution is -2.42. The van der Waals surface area contributed by atoms with E-state index in [4.69, 9.17) is 0 Å². The normalized spacial score (nSPS) is 16.1. The summed E-state index contributed by atoms with van der Waals surface area (Å²) in [5.74, 6) is -0.655. The smallest absolute Gasteiger partial charge is 0.340 e. The second-order valence-electron chi connectivity index (χ2n) is 8.46. The summed E-state index contributed by atoms with van der Waals surface area (Å²) in [6, 6.07) is 11.9. The second kappa shape index (κ2) is 9.10. The van der Waals surface area contributed by atoms with Gasteiger partial charge in [0.2, 0.25) is 0 Å². The zero-order valence-electron chi connectivity index (χ0n) is 19.1. The van der Waals surface area contributed by atoms with Gasteiger partial charge in [0.15, 0.2) is 0 Å². The maximum absolute atomic E-state index is 14.5. The van der Waals surface area contributed by atoms with Crippen LogP contribution in [0.4, 0.5) is 34.8 Å². The number of aromatic nitrogens is 5. The molecule has 0 radical (unpaired) electrons. The number of carbonyl (C=O) groups is 1. The number of hydrogen-bond donors (Lipinski definition) is 1. The molecular weight excluding hydrogens is 478 g/mol. The quantitative estimate of drug-likeness (QED) is 0.405. The number of aryl methyl sites for hydroxylation is 1. The van der Waals surface area contributed by atoms with E-state index in [1.54, 1.807) is 10.9 Å². The molecule has 0 bridgehead atoms. The number of fused-ring (bicyclic) bond motifs is 1. The van der Waals surface area contributed by atoms with Crippen molar-refractivity contribution in [2.24, 2.45) is 7.05 Å². The number of rotatable bonds is 5. The number of halogens is 4. The van der Waals surface area contributed by atoms with E-state index in [9.17, 15) is 22.4 Å². The molecule has 1 atom stereocenters. The Hall–Kier alpha value is -4.22. The van der Waals surface area contributed by atoms with Gasteiger partial charge in [0.05, 0.1) is 18.1 Å². The zero-order valence-corrected chi connectivity index (χ0v) is 19.1. The number of amides is 1. The van der Waals surface area contributed by atoms with Gasteiger partial charge in [-0.2, -0.15) is 18.3 Å². The molecule has 0 saturated carbocycles. The van der Waals surface area contributed by atoms with E-state index in [1.807, 2.05) is 37.4 Å². The predicted octanol–water partition coefficient (Wildman–Crippen LogP) is 4.64. The molecule has 1 aliphatic rings. The summed E-state index contributed by atoms with van der Waals surface area (Å²) < 4.78 is 57.4. The van der Waals surface area contributed by atoms with Crippen LogP contribution in [0.5, 0.6) is 0 Å². The van der Waals surface area contributed by atoms with Crippen molar-refractivity contribution in [3.63, 3.8) is 0 Å². The van der Waals surface area contributed by atoms with Crippen LogP contribution in [0.15, 0.2) is 60.9 Å². The minimum absolute atomic E-state index is 0.0725. The molecule has 0 saturated heterocycles. The molecule has 3 heterocycles. The molecule has 4 aromatic rings. The average Bonchev–Trinajstić information content (AvgIpc) is 3.45. The molecule has 5 rings (SSSR count). The molecule has 0 spiro atoms. The van der Waals surface area contributed by atoms with Gasteiger partial charge in [-0.3, -0.25) is 9.48 Å². The molecule has 0 fully saturated rings. The molecule has 36 heavy (non-hydrogen) atoms. The maximum Gasteiger partial charge on any atom is 0.406 e. The fourth-order valence-corrected chi connectivity index (χ4v) is 4.27. The van der Waals surface area contributed by atoms with Gasteiger partial charge in [0.25, 0.3) is 5.91 Å². The lowest BCUT2D eigenvalue weighted by Gasteiger charge is -2.26. The van der Waals surface area contributed by atoms with E-state index >= 15 is 0 Å². The van der Waals surface area contributed by atoms with Crippen molar-refractivity contribution < 1.29 is 22.4 Å². The van der Waals surface area contributed by atoms with Crippen LogP contribution in [0.25, 0.3) is 11.3 Å². The standard InChI is InChI=1S/C24H21F4N7O/c1-33-22(11-12-29-33)30-16-7-5-15(6-8-16)19-13-35(32-31-19)21-10-9-17-18(25)3-2-4-20(17)34(23(21)36)14-24(26,27)28/h2-8,11-13,21,30H,9-10,14H2,1H3. The molecule has 8 nitrogen and oxygen atoms in total. The SMILES string of the molecule is Cn1nccc1Nc1ccc(-c2cn(C3CCc4c(F)cccc4N(CC(F)(F)F)C3=O)nn2)cc1. The Morgan fingerprint density at radius 2 is 1.89 bits per heavy atom. The number of hydrogen-bond acceptors (Lipinski definition) is 5. The summed E-state index contributed by atoms with van der Waals surface area (Å²) in [6.07, 6.45) is -1.31. The maximum atomic E-state index is 14.5. The molecule has 2 aromatic heterocycles. The van der Waals surface area contributed by atoms with Crippen molar-refractivity contribution in [2.45, 2.75) is 25.1 Å². The van der Waals surface area contributed by atoms with Crippen LogP contribution in [-0.4, -0.2) is 43.4 Å². The van der Waals surface area contributed by atoms with Gasteiger partial charge < -0.3 is 10.2 Å². The number of nitrogens with zero attached hydrogens (tertiary/aromatic N) is 6. The number of benzene rings is 2. The first kappa shape index (κ1) is 23.5. The predicted molar refractivity (Wildman–Crippen MR) is 124 cm³/mol. The summed E-state index contributed by atoms with van der Waals surface area (Å²) >= 11 is 0. The van der Waals surface area contributed by atoms with Crippen LogP contribution >= 0.6 is 0 Å². The minimum atomic E-state index is -4.66. The number of alkyl halides is 3. The Kier molecular flexibility index (Phi) is 5.94. The van der Waals surface area contributed by atoms with E-state index in [-0.39, 0.29) is 24.1 Å². The molecule has 1 unspecified atom stereocenters. The lowest BCUT2D eigenvalue weighted by atomic mass is 10.1. The van der Waals surface area contributed by atoms with Gasteiger partial charge in [0.1, 0.15) is 29.9 Å². The Morgan fingerprint density at radius 1 is 1.11 bits per heavy atom. The van der Waals surface area contributed by atoms with Crippen LogP contribution in [0.3, 0.4) is 0 Å². The van der Waals surface area contributed by atoms with Gasteiger partial charge in [0, 0.05) is 29.9 Å². The van der Waals surface area contributed by atoms with Gasteiger partial charge >= 0.3 is 6.18 Å². The highest BCUT2D eigenvalue weighted by molar-refractivity contribution is 5.97. The van der Waals surface area contributed by atoms with E-state index in [0.717, 1.165) is 11.5 Å². The summed E-state index contributed by atoms with van der Waals surface area (Å²) in [4.78, 5) is 13.9. The highest BCUT2D eigenvalue weighted by atomic mass is 19.4. The summed E-state index contributed by atoms with van der Waals surface area (Å²) in [7, 11) is 1.81. The third-order valence-corrected chi connectivity index (χ3v) is 6.04. The van der Waals surface area contributed by atoms with Crippen LogP contribution in [0.2, 0.25) is 0 Å². The van der Waals surface area contributed by atoms with Crippen molar-refractivity contribution in [2.75, 3.05) is 16.8 Å². The molecule has 2 aromatic carbocycles. The Labute approximate surface area is 203 Å². The third kappa shape index (κ3) is 4.66. The lowest BCUT2D eigenvalue weighted by molar-refractivity contribution is -0.134. The van der Waals surface area contributed by atoms with Crippen molar-refractivity contribution in [3.8, 4) is 11.3 Å². The summed E-state index contributed by atoms with van der Waals surface area (Å²) in [5.41, 5.74) is 1.98. The first-order valence-corrected chi connectivity index (χ1v) is 11.1. The molecule has 12 heteroatoms. The average molecular weight is 499 g/mol. The van der Waals surface area contributed by atoms with Crippen LogP contribution < -0.4 is 10.2 Å². The highest BCUT2D eigenvalue weighted by Gasteiger charge is 2.40. The molecule has 1 aliphatic heterocycles. The van der Waals surface area contributed by atoms with Crippen molar-refractivity contribution in [3.05, 3.63) is 72.3 Å². The highest BCUT2D eigenvalue weighted by Crippen LogP contribution is 2.35. The monoisotopic (exact) mass is 499 g/mol. The third-order valence-electron chi connectivity index (χ3n) is 6.04. The molecule has 186 valence electrons. The molecule has 0 aliphatic carbocycles. The van der Waals surface area contributed by atoms with Crippen molar-refractivity contribution in [1.82, 2.24) is 24.8 Å². The van der Waals surface area contributed by atoms with E-state index in [0.29, 0.717) is 16.2 Å². The fourth-order valence-electron chi connectivity index (χ4n) is 4.27. The van der Waals surface area contributed by atoms with Crippen LogP contribution in [-0.2, 0) is 18.3 Å². The molecular formula is C24H21F4N7O. The first-order chi connectivity index (χ1) is 17.2. The number of anilines is 3. The Morgan fingerprint density at radius 3 is 2.58 bits per heavy atom. The van der Waals surface area contributed by atoms with Gasteiger partial charge in [-0.05, 0) is 37.1 Å². The zero-order chi connectivity index (χ0) is 25.4. The van der Waals surface area contributed by atoms with Crippen molar-refractivity contribution >= 4 is 23.1 Å². The van der Waals surface area contributed by atoms with Crippen LogP contribution in [0, 0.1) is 5.82 Å². The Balaban J connectivity index is 1.40. The fraction of sp³-hybridized carbons (Fsp3) is 0.250. The second-order valence-corrected chi connectivity index (χ2v) is 8.46. The Bertz CT molecular complexity index is 1390. The summed E-state index contributed by atoms with van der Waals surface area (Å²) in [6.45, 7) is -1.52. The molecule has 1 N–H and O–H groups in total. The largest absolute Gasteiger partial charge is 0.406 e. The van der Waals surface area contributed by atoms with Gasteiger partial charge in [-0.15, -0.1) is 5.10 Å². The topological polar surface area (TPSA) is 80.9 Å². The van der Waals surface area contributed by atoms with E-state index < -0.39 is 30.5 Å². The molecule has 1 amide bonds. The number of carbonyl (C=O) groups excluding carboxylic acids is 1. The van der Waals surface area contributed by atoms with Crippen LogP contribution in [0.1, 0.15) is 18.0 Å².